The van der Waals surface area contributed by atoms with Crippen LogP contribution in [-0.4, -0.2) is 38.4 Å². The summed E-state index contributed by atoms with van der Waals surface area (Å²) in [4.78, 5) is 12.7. The van der Waals surface area contributed by atoms with Crippen LogP contribution in [0.2, 0.25) is 5.02 Å². The Morgan fingerprint density at radius 2 is 1.90 bits per heavy atom. The lowest BCUT2D eigenvalue weighted by Gasteiger charge is -2.26. The Balaban J connectivity index is 3.12. The van der Waals surface area contributed by atoms with Crippen molar-refractivity contribution in [2.75, 3.05) is 32.2 Å². The minimum Gasteiger partial charge on any atom is -0.495 e. The van der Waals surface area contributed by atoms with E-state index >= 15 is 0 Å². The lowest BCUT2D eigenvalue weighted by molar-refractivity contribution is -0.136. The molecule has 0 atom stereocenters. The predicted octanol–water partition coefficient (Wildman–Crippen LogP) is 3.05. The summed E-state index contributed by atoms with van der Waals surface area (Å²) in [5.41, 5.74) is 0.789. The molecule has 0 saturated carbocycles. The van der Waals surface area contributed by atoms with Gasteiger partial charge in [-0.25, -0.2) is 0 Å². The fraction of sp³-hybridized carbons (Fsp3) is 0.500. The lowest BCUT2D eigenvalue weighted by atomic mass is 10.2. The summed E-state index contributed by atoms with van der Waals surface area (Å²) in [5.74, 6) is 0.319. The molecule has 0 aliphatic rings. The van der Waals surface area contributed by atoms with E-state index in [1.807, 2.05) is 11.8 Å². The number of rotatable bonds is 8. The van der Waals surface area contributed by atoms with E-state index in [1.54, 1.807) is 26.4 Å². The third-order valence-corrected chi connectivity index (χ3v) is 3.18. The molecule has 0 aliphatic carbocycles. The highest BCUT2D eigenvalue weighted by atomic mass is 35.5. The fourth-order valence-electron chi connectivity index (χ4n) is 1.94. The minimum atomic E-state index is -0.828. The molecule has 0 heterocycles. The van der Waals surface area contributed by atoms with Crippen LogP contribution in [0.5, 0.6) is 11.5 Å². The molecule has 6 heteroatoms. The second kappa shape index (κ2) is 7.85. The van der Waals surface area contributed by atoms with Gasteiger partial charge in [0.1, 0.15) is 11.5 Å². The van der Waals surface area contributed by atoms with E-state index in [4.69, 9.17) is 26.2 Å². The van der Waals surface area contributed by atoms with Crippen molar-refractivity contribution in [1.82, 2.24) is 0 Å². The first-order valence-electron chi connectivity index (χ1n) is 6.41. The van der Waals surface area contributed by atoms with Crippen LogP contribution in [0.4, 0.5) is 5.69 Å². The predicted molar refractivity (Wildman–Crippen MR) is 79.3 cm³/mol. The van der Waals surface area contributed by atoms with Crippen molar-refractivity contribution in [3.63, 3.8) is 0 Å². The van der Waals surface area contributed by atoms with Crippen molar-refractivity contribution in [3.05, 3.63) is 17.2 Å². The summed E-state index contributed by atoms with van der Waals surface area (Å²) in [5, 5.41) is 9.31. The molecule has 5 nitrogen and oxygen atoms in total. The second-order valence-corrected chi connectivity index (χ2v) is 4.70. The van der Waals surface area contributed by atoms with Gasteiger partial charge in [-0.15, -0.1) is 0 Å². The average molecular weight is 302 g/mol. The van der Waals surface area contributed by atoms with E-state index < -0.39 is 5.97 Å². The monoisotopic (exact) mass is 301 g/mol. The molecule has 0 radical (unpaired) electrons. The van der Waals surface area contributed by atoms with E-state index in [0.29, 0.717) is 23.1 Å². The van der Waals surface area contributed by atoms with Crippen molar-refractivity contribution in [3.8, 4) is 11.5 Å². The normalized spacial score (nSPS) is 10.2. The minimum absolute atomic E-state index is 0.0636. The highest BCUT2D eigenvalue weighted by Gasteiger charge is 2.16. The van der Waals surface area contributed by atoms with Crippen molar-refractivity contribution < 1.29 is 19.4 Å². The van der Waals surface area contributed by atoms with E-state index in [1.165, 1.54) is 0 Å². The van der Waals surface area contributed by atoms with Gasteiger partial charge in [0, 0.05) is 25.2 Å². The smallest absolute Gasteiger partial charge is 0.305 e. The number of carboxylic acid groups (broad SMARTS) is 1. The van der Waals surface area contributed by atoms with E-state index in [9.17, 15) is 4.79 Å². The molecule has 0 unspecified atom stereocenters. The highest BCUT2D eigenvalue weighted by Crippen LogP contribution is 2.38. The first kappa shape index (κ1) is 16.4. The van der Waals surface area contributed by atoms with Crippen LogP contribution in [-0.2, 0) is 4.79 Å². The number of carboxylic acids is 1. The third kappa shape index (κ3) is 4.20. The SMILES string of the molecule is CCCN(CCC(=O)O)c1cc(OC)c(Cl)cc1OC. The maximum atomic E-state index is 10.8. The standard InChI is InChI=1S/C14H20ClNO4/c1-4-6-16(7-5-14(17)18)11-9-12(19-2)10(15)8-13(11)20-3/h8-9H,4-7H2,1-3H3,(H,17,18). The number of hydrogen-bond donors (Lipinski definition) is 1. The van der Waals surface area contributed by atoms with Crippen LogP contribution in [0.25, 0.3) is 0 Å². The topological polar surface area (TPSA) is 59.0 Å². The highest BCUT2D eigenvalue weighted by molar-refractivity contribution is 6.32. The molecular formula is C14H20ClNO4. The fourth-order valence-corrected chi connectivity index (χ4v) is 2.18. The molecule has 112 valence electrons. The Labute approximate surface area is 124 Å². The second-order valence-electron chi connectivity index (χ2n) is 4.29. The number of nitrogens with zero attached hydrogens (tertiary/aromatic N) is 1. The molecule has 0 saturated heterocycles. The Morgan fingerprint density at radius 3 is 2.40 bits per heavy atom. The van der Waals surface area contributed by atoms with Crippen molar-refractivity contribution >= 4 is 23.3 Å². The number of ether oxygens (including phenoxy) is 2. The zero-order valence-corrected chi connectivity index (χ0v) is 12.7. The third-order valence-electron chi connectivity index (χ3n) is 2.88. The lowest BCUT2D eigenvalue weighted by Crippen LogP contribution is -2.27. The number of methoxy groups -OCH3 is 2. The average Bonchev–Trinajstić information content (AvgIpc) is 2.43. The summed E-state index contributed by atoms with van der Waals surface area (Å²) in [6.45, 7) is 3.17. The summed E-state index contributed by atoms with van der Waals surface area (Å²) in [6, 6.07) is 3.46. The number of anilines is 1. The number of benzene rings is 1. The van der Waals surface area contributed by atoms with Crippen LogP contribution in [0.1, 0.15) is 19.8 Å². The summed E-state index contributed by atoms with van der Waals surface area (Å²) in [7, 11) is 3.10. The van der Waals surface area contributed by atoms with Crippen LogP contribution in [0.3, 0.4) is 0 Å². The molecule has 0 bridgehead atoms. The molecule has 1 aromatic rings. The van der Waals surface area contributed by atoms with Gasteiger partial charge in [0.2, 0.25) is 0 Å². The largest absolute Gasteiger partial charge is 0.495 e. The van der Waals surface area contributed by atoms with E-state index in [2.05, 4.69) is 0 Å². The van der Waals surface area contributed by atoms with Crippen molar-refractivity contribution in [1.29, 1.82) is 0 Å². The van der Waals surface area contributed by atoms with Crippen LogP contribution in [0.15, 0.2) is 12.1 Å². The molecule has 1 N–H and O–H groups in total. The maximum Gasteiger partial charge on any atom is 0.305 e. The van der Waals surface area contributed by atoms with Crippen LogP contribution >= 0.6 is 11.6 Å². The van der Waals surface area contributed by atoms with Crippen molar-refractivity contribution in [2.45, 2.75) is 19.8 Å². The number of hydrogen-bond acceptors (Lipinski definition) is 4. The number of aliphatic carboxylic acids is 1. The summed E-state index contributed by atoms with van der Waals surface area (Å²) < 4.78 is 10.5. The van der Waals surface area contributed by atoms with Gasteiger partial charge in [-0.3, -0.25) is 4.79 Å². The van der Waals surface area contributed by atoms with Gasteiger partial charge < -0.3 is 19.5 Å². The molecule has 20 heavy (non-hydrogen) atoms. The van der Waals surface area contributed by atoms with Gasteiger partial charge >= 0.3 is 5.97 Å². The molecular weight excluding hydrogens is 282 g/mol. The van der Waals surface area contributed by atoms with Gasteiger partial charge in [0.05, 0.1) is 31.4 Å². The molecule has 0 fully saturated rings. The molecule has 0 aromatic heterocycles. The van der Waals surface area contributed by atoms with E-state index in [-0.39, 0.29) is 6.42 Å². The first-order chi connectivity index (χ1) is 9.53. The zero-order chi connectivity index (χ0) is 15.1. The van der Waals surface area contributed by atoms with Crippen LogP contribution < -0.4 is 14.4 Å². The first-order valence-corrected chi connectivity index (χ1v) is 6.79. The molecule has 0 amide bonds. The maximum absolute atomic E-state index is 10.8. The molecule has 0 spiro atoms. The summed E-state index contributed by atoms with van der Waals surface area (Å²) in [6.07, 6.45) is 0.960. The Bertz CT molecular complexity index is 465. The van der Waals surface area contributed by atoms with Gasteiger partial charge in [-0.2, -0.15) is 0 Å². The Kier molecular flexibility index (Phi) is 6.45. The van der Waals surface area contributed by atoms with E-state index in [0.717, 1.165) is 18.7 Å². The summed E-state index contributed by atoms with van der Waals surface area (Å²) >= 11 is 6.07. The van der Waals surface area contributed by atoms with Crippen molar-refractivity contribution in [2.24, 2.45) is 0 Å². The van der Waals surface area contributed by atoms with Gasteiger partial charge in [0.15, 0.2) is 0 Å². The Hall–Kier alpha value is -1.62. The number of carbonyl (C=O) groups is 1. The van der Waals surface area contributed by atoms with Crippen LogP contribution in [0, 0.1) is 0 Å². The van der Waals surface area contributed by atoms with Gasteiger partial charge in [-0.1, -0.05) is 18.5 Å². The molecule has 1 aromatic carbocycles. The zero-order valence-electron chi connectivity index (χ0n) is 12.0. The molecule has 1 rings (SSSR count). The quantitative estimate of drug-likeness (QED) is 0.799. The van der Waals surface area contributed by atoms with Gasteiger partial charge in [0.25, 0.3) is 0 Å². The Morgan fingerprint density at radius 1 is 1.25 bits per heavy atom. The number of halogens is 1. The molecule has 0 aliphatic heterocycles. The van der Waals surface area contributed by atoms with Gasteiger partial charge in [-0.05, 0) is 6.42 Å².